The molecule has 1 aromatic heterocycles. The van der Waals surface area contributed by atoms with Crippen molar-refractivity contribution in [2.24, 2.45) is 0 Å². The van der Waals surface area contributed by atoms with Gasteiger partial charge in [-0.15, -0.1) is 6.42 Å². The van der Waals surface area contributed by atoms with Crippen LogP contribution < -0.4 is 10.4 Å². The van der Waals surface area contributed by atoms with Gasteiger partial charge in [0.1, 0.15) is 11.3 Å². The minimum atomic E-state index is -0.577. The maximum Gasteiger partial charge on any atom is 0.344 e. The molecule has 0 amide bonds. The van der Waals surface area contributed by atoms with Gasteiger partial charge >= 0.3 is 11.6 Å². The molecule has 124 valence electrons. The van der Waals surface area contributed by atoms with E-state index in [9.17, 15) is 9.59 Å². The van der Waals surface area contributed by atoms with Crippen LogP contribution in [0, 0.1) is 12.3 Å². The summed E-state index contributed by atoms with van der Waals surface area (Å²) in [7, 11) is 1.48. The van der Waals surface area contributed by atoms with Gasteiger partial charge in [0.2, 0.25) is 0 Å². The predicted molar refractivity (Wildman–Crippen MR) is 93.6 cm³/mol. The molecule has 0 saturated heterocycles. The number of ether oxygens (including phenoxy) is 2. The average molecular weight is 334 g/mol. The lowest BCUT2D eigenvalue weighted by molar-refractivity contribution is 0.0557. The maximum absolute atomic E-state index is 12.4. The van der Waals surface area contributed by atoms with E-state index in [4.69, 9.17) is 20.3 Å². The van der Waals surface area contributed by atoms with Crippen molar-refractivity contribution in [3.63, 3.8) is 0 Å². The Bertz CT molecular complexity index is 1040. The number of esters is 1. The Hall–Kier alpha value is -3.52. The minimum absolute atomic E-state index is 0.127. The Kier molecular flexibility index (Phi) is 4.53. The van der Waals surface area contributed by atoms with Gasteiger partial charge in [0.25, 0.3) is 0 Å². The highest BCUT2D eigenvalue weighted by Crippen LogP contribution is 2.30. The normalized spacial score (nSPS) is 10.2. The van der Waals surface area contributed by atoms with Crippen LogP contribution in [0.25, 0.3) is 22.1 Å². The zero-order valence-corrected chi connectivity index (χ0v) is 13.4. The van der Waals surface area contributed by atoms with Gasteiger partial charge in [-0.1, -0.05) is 24.1 Å². The van der Waals surface area contributed by atoms with E-state index >= 15 is 0 Å². The Morgan fingerprint density at radius 3 is 2.72 bits per heavy atom. The highest BCUT2D eigenvalue weighted by atomic mass is 16.5. The number of hydrogen-bond donors (Lipinski definition) is 0. The molecular formula is C20H14O5. The first kappa shape index (κ1) is 16.3. The summed E-state index contributed by atoms with van der Waals surface area (Å²) in [6.07, 6.45) is 5.09. The van der Waals surface area contributed by atoms with E-state index in [2.05, 4.69) is 5.92 Å². The fraction of sp³-hybridized carbons (Fsp3) is 0.100. The minimum Gasteiger partial charge on any atom is -0.496 e. The molecule has 25 heavy (non-hydrogen) atoms. The number of rotatable bonds is 4. The zero-order valence-electron chi connectivity index (χ0n) is 13.4. The SMILES string of the molecule is C#CCOC(=O)c1ccc(OC)c(-c2cc3ccccc3oc2=O)c1. The van der Waals surface area contributed by atoms with E-state index in [0.717, 1.165) is 5.39 Å². The van der Waals surface area contributed by atoms with Crippen LogP contribution in [0.2, 0.25) is 0 Å². The zero-order chi connectivity index (χ0) is 17.8. The number of hydrogen-bond acceptors (Lipinski definition) is 5. The summed E-state index contributed by atoms with van der Waals surface area (Å²) in [6, 6.07) is 13.5. The molecule has 0 aliphatic heterocycles. The summed E-state index contributed by atoms with van der Waals surface area (Å²) < 4.78 is 15.6. The fourth-order valence-electron chi connectivity index (χ4n) is 2.49. The van der Waals surface area contributed by atoms with E-state index in [1.807, 2.05) is 12.1 Å². The third-order valence-corrected chi connectivity index (χ3v) is 3.65. The Labute approximate surface area is 143 Å². The summed E-state index contributed by atoms with van der Waals surface area (Å²) in [5, 5.41) is 0.763. The van der Waals surface area contributed by atoms with E-state index in [0.29, 0.717) is 22.5 Å². The quantitative estimate of drug-likeness (QED) is 0.416. The lowest BCUT2D eigenvalue weighted by atomic mass is 10.0. The molecule has 0 bridgehead atoms. The van der Waals surface area contributed by atoms with Crippen LogP contribution in [-0.4, -0.2) is 19.7 Å². The van der Waals surface area contributed by atoms with Crippen LogP contribution >= 0.6 is 0 Å². The molecule has 0 fully saturated rings. The van der Waals surface area contributed by atoms with Crippen LogP contribution in [-0.2, 0) is 4.74 Å². The first-order chi connectivity index (χ1) is 12.1. The van der Waals surface area contributed by atoms with Crippen LogP contribution in [0.1, 0.15) is 10.4 Å². The Morgan fingerprint density at radius 2 is 1.96 bits per heavy atom. The van der Waals surface area contributed by atoms with Crippen molar-refractivity contribution >= 4 is 16.9 Å². The van der Waals surface area contributed by atoms with Crippen molar-refractivity contribution in [1.29, 1.82) is 0 Å². The molecule has 5 heteroatoms. The van der Waals surface area contributed by atoms with Gasteiger partial charge in [-0.25, -0.2) is 9.59 Å². The van der Waals surface area contributed by atoms with Gasteiger partial charge in [-0.05, 0) is 30.3 Å². The van der Waals surface area contributed by atoms with Crippen molar-refractivity contribution in [2.75, 3.05) is 13.7 Å². The van der Waals surface area contributed by atoms with Gasteiger partial charge in [-0.2, -0.15) is 0 Å². The molecule has 0 aliphatic carbocycles. The van der Waals surface area contributed by atoms with Gasteiger partial charge in [-0.3, -0.25) is 0 Å². The van der Waals surface area contributed by atoms with Gasteiger partial charge < -0.3 is 13.9 Å². The second-order valence-electron chi connectivity index (χ2n) is 5.18. The summed E-state index contributed by atoms with van der Waals surface area (Å²) >= 11 is 0. The Balaban J connectivity index is 2.15. The maximum atomic E-state index is 12.4. The topological polar surface area (TPSA) is 65.7 Å². The number of carbonyl (C=O) groups is 1. The number of carbonyl (C=O) groups excluding carboxylic acids is 1. The second-order valence-corrected chi connectivity index (χ2v) is 5.18. The standard InChI is InChI=1S/C20H14O5/c1-3-10-24-19(21)14-8-9-18(23-2)15(12-14)16-11-13-6-4-5-7-17(13)25-20(16)22/h1,4-9,11-12H,10H2,2H3. The van der Waals surface area contributed by atoms with Gasteiger partial charge in [0.05, 0.1) is 18.2 Å². The summed E-state index contributed by atoms with van der Waals surface area (Å²) in [4.78, 5) is 24.4. The highest BCUT2D eigenvalue weighted by Gasteiger charge is 2.16. The number of fused-ring (bicyclic) bond motifs is 1. The van der Waals surface area contributed by atoms with E-state index < -0.39 is 11.6 Å². The molecular weight excluding hydrogens is 320 g/mol. The molecule has 5 nitrogen and oxygen atoms in total. The van der Waals surface area contributed by atoms with Crippen LogP contribution in [0.3, 0.4) is 0 Å². The van der Waals surface area contributed by atoms with Gasteiger partial charge in [0.15, 0.2) is 6.61 Å². The monoisotopic (exact) mass is 334 g/mol. The molecule has 0 unspecified atom stereocenters. The second kappa shape index (κ2) is 6.93. The third kappa shape index (κ3) is 3.24. The van der Waals surface area contributed by atoms with Crippen LogP contribution in [0.5, 0.6) is 5.75 Å². The van der Waals surface area contributed by atoms with E-state index in [-0.39, 0.29) is 12.2 Å². The largest absolute Gasteiger partial charge is 0.496 e. The number of benzene rings is 2. The summed E-state index contributed by atoms with van der Waals surface area (Å²) in [5.41, 5.74) is 0.962. The molecule has 1 heterocycles. The summed E-state index contributed by atoms with van der Waals surface area (Å²) in [6.45, 7) is -0.127. The van der Waals surface area contributed by atoms with E-state index in [1.165, 1.54) is 13.2 Å². The molecule has 0 atom stereocenters. The van der Waals surface area contributed by atoms with Crippen LogP contribution in [0.4, 0.5) is 0 Å². The highest BCUT2D eigenvalue weighted by molar-refractivity contribution is 5.92. The van der Waals surface area contributed by atoms with Gasteiger partial charge in [0, 0.05) is 10.9 Å². The molecule has 0 spiro atoms. The third-order valence-electron chi connectivity index (χ3n) is 3.65. The Morgan fingerprint density at radius 1 is 1.16 bits per heavy atom. The number of para-hydroxylation sites is 1. The van der Waals surface area contributed by atoms with Crippen molar-refractivity contribution in [1.82, 2.24) is 0 Å². The van der Waals surface area contributed by atoms with E-state index in [1.54, 1.807) is 30.3 Å². The summed E-state index contributed by atoms with van der Waals surface area (Å²) in [5.74, 6) is 2.10. The first-order valence-electron chi connectivity index (χ1n) is 7.46. The molecule has 0 saturated carbocycles. The lowest BCUT2D eigenvalue weighted by Gasteiger charge is -2.10. The fourth-order valence-corrected chi connectivity index (χ4v) is 2.49. The molecule has 2 aromatic carbocycles. The van der Waals surface area contributed by atoms with Crippen molar-refractivity contribution in [3.05, 3.63) is 64.5 Å². The molecule has 0 N–H and O–H groups in total. The first-order valence-corrected chi connectivity index (χ1v) is 7.46. The van der Waals surface area contributed by atoms with Crippen molar-refractivity contribution < 1.29 is 18.7 Å². The smallest absolute Gasteiger partial charge is 0.344 e. The lowest BCUT2D eigenvalue weighted by Crippen LogP contribution is -2.08. The predicted octanol–water partition coefficient (Wildman–Crippen LogP) is 3.26. The molecule has 3 aromatic rings. The van der Waals surface area contributed by atoms with Crippen molar-refractivity contribution in [3.8, 4) is 29.2 Å². The molecule has 3 rings (SSSR count). The number of methoxy groups -OCH3 is 1. The number of terminal acetylenes is 1. The van der Waals surface area contributed by atoms with Crippen molar-refractivity contribution in [2.45, 2.75) is 0 Å². The molecule has 0 radical (unpaired) electrons. The van der Waals surface area contributed by atoms with Crippen LogP contribution in [0.15, 0.2) is 57.7 Å². The average Bonchev–Trinajstić information content (AvgIpc) is 2.65. The molecule has 0 aliphatic rings.